The first kappa shape index (κ1) is 17.3. The lowest BCUT2D eigenvalue weighted by Gasteiger charge is -2.07. The smallest absolute Gasteiger partial charge is 0.338 e. The van der Waals surface area contributed by atoms with E-state index in [0.29, 0.717) is 23.6 Å². The first-order valence-electron chi connectivity index (χ1n) is 7.41. The van der Waals surface area contributed by atoms with E-state index in [9.17, 15) is 14.4 Å². The van der Waals surface area contributed by atoms with Crippen LogP contribution in [-0.2, 0) is 9.53 Å². The molecule has 0 atom stereocenters. The lowest BCUT2D eigenvalue weighted by Crippen LogP contribution is -2.32. The second-order valence-electron chi connectivity index (χ2n) is 4.94. The molecule has 0 bridgehead atoms. The highest BCUT2D eigenvalue weighted by molar-refractivity contribution is 5.98. The van der Waals surface area contributed by atoms with Crippen molar-refractivity contribution in [1.29, 1.82) is 0 Å². The van der Waals surface area contributed by atoms with Gasteiger partial charge in [0.2, 0.25) is 5.91 Å². The predicted octanol–water partition coefficient (Wildman–Crippen LogP) is 2.13. The molecule has 0 aliphatic carbocycles. The van der Waals surface area contributed by atoms with Crippen molar-refractivity contribution in [3.63, 3.8) is 0 Å². The molecule has 2 N–H and O–H groups in total. The third kappa shape index (κ3) is 4.70. The standard InChI is InChI=1S/C17H18N2O5/c1-3-23-17(22)12-5-7-13(8-6-12)19-15(20)10-18-16(21)14-9-4-11(2)24-14/h4-9H,3,10H2,1-2H3,(H,18,21)(H,19,20). The van der Waals surface area contributed by atoms with Gasteiger partial charge in [-0.15, -0.1) is 0 Å². The van der Waals surface area contributed by atoms with E-state index in [-0.39, 0.29) is 12.3 Å². The van der Waals surface area contributed by atoms with Crippen LogP contribution in [0.15, 0.2) is 40.8 Å². The Kier molecular flexibility index (Phi) is 5.73. The fourth-order valence-corrected chi connectivity index (χ4v) is 1.91. The Morgan fingerprint density at radius 2 is 1.79 bits per heavy atom. The zero-order valence-corrected chi connectivity index (χ0v) is 13.4. The highest BCUT2D eigenvalue weighted by Gasteiger charge is 2.12. The summed E-state index contributed by atoms with van der Waals surface area (Å²) in [4.78, 5) is 35.1. The van der Waals surface area contributed by atoms with E-state index >= 15 is 0 Å². The highest BCUT2D eigenvalue weighted by Crippen LogP contribution is 2.10. The largest absolute Gasteiger partial charge is 0.462 e. The highest BCUT2D eigenvalue weighted by atomic mass is 16.5. The molecule has 2 aromatic rings. The normalized spacial score (nSPS) is 10.1. The molecule has 0 spiro atoms. The molecule has 0 aliphatic rings. The summed E-state index contributed by atoms with van der Waals surface area (Å²) in [5, 5.41) is 5.08. The molecular formula is C17H18N2O5. The van der Waals surface area contributed by atoms with Crippen LogP contribution in [0.25, 0.3) is 0 Å². The van der Waals surface area contributed by atoms with Crippen LogP contribution in [0.2, 0.25) is 0 Å². The molecule has 2 amide bonds. The number of rotatable bonds is 6. The Morgan fingerprint density at radius 3 is 2.38 bits per heavy atom. The maximum Gasteiger partial charge on any atom is 0.338 e. The number of amides is 2. The van der Waals surface area contributed by atoms with Gasteiger partial charge in [-0.1, -0.05) is 0 Å². The number of ether oxygens (including phenoxy) is 1. The quantitative estimate of drug-likeness (QED) is 0.791. The van der Waals surface area contributed by atoms with Gasteiger partial charge in [-0.2, -0.15) is 0 Å². The zero-order chi connectivity index (χ0) is 17.5. The van der Waals surface area contributed by atoms with Crippen molar-refractivity contribution in [1.82, 2.24) is 5.32 Å². The van der Waals surface area contributed by atoms with Gasteiger partial charge in [0.25, 0.3) is 5.91 Å². The van der Waals surface area contributed by atoms with Crippen LogP contribution in [0.1, 0.15) is 33.6 Å². The second-order valence-corrected chi connectivity index (χ2v) is 4.94. The molecule has 0 saturated carbocycles. The molecule has 0 unspecified atom stereocenters. The maximum atomic E-state index is 11.8. The van der Waals surface area contributed by atoms with Crippen molar-refractivity contribution in [3.8, 4) is 0 Å². The minimum absolute atomic E-state index is 0.152. The molecule has 0 fully saturated rings. The van der Waals surface area contributed by atoms with E-state index < -0.39 is 17.8 Å². The minimum Gasteiger partial charge on any atom is -0.462 e. The monoisotopic (exact) mass is 330 g/mol. The van der Waals surface area contributed by atoms with Gasteiger partial charge >= 0.3 is 5.97 Å². The van der Waals surface area contributed by atoms with Crippen molar-refractivity contribution in [2.75, 3.05) is 18.5 Å². The van der Waals surface area contributed by atoms with E-state index in [2.05, 4.69) is 10.6 Å². The number of furan rings is 1. The fourth-order valence-electron chi connectivity index (χ4n) is 1.91. The predicted molar refractivity (Wildman–Crippen MR) is 86.8 cm³/mol. The Labute approximate surface area is 139 Å². The summed E-state index contributed by atoms with van der Waals surface area (Å²) in [7, 11) is 0. The number of carbonyl (C=O) groups excluding carboxylic acids is 3. The SMILES string of the molecule is CCOC(=O)c1ccc(NC(=O)CNC(=O)c2ccc(C)o2)cc1. The Balaban J connectivity index is 1.84. The summed E-state index contributed by atoms with van der Waals surface area (Å²) < 4.78 is 10.0. The zero-order valence-electron chi connectivity index (χ0n) is 13.4. The number of carbonyl (C=O) groups is 3. The lowest BCUT2D eigenvalue weighted by molar-refractivity contribution is -0.115. The molecule has 0 aliphatic heterocycles. The molecule has 1 aromatic carbocycles. The van der Waals surface area contributed by atoms with Crippen molar-refractivity contribution in [2.24, 2.45) is 0 Å². The van der Waals surface area contributed by atoms with Crippen LogP contribution >= 0.6 is 0 Å². The van der Waals surface area contributed by atoms with E-state index in [1.807, 2.05) is 0 Å². The number of nitrogens with one attached hydrogen (secondary N) is 2. The first-order chi connectivity index (χ1) is 11.5. The maximum absolute atomic E-state index is 11.8. The average Bonchev–Trinajstić information content (AvgIpc) is 3.00. The van der Waals surface area contributed by atoms with E-state index in [0.717, 1.165) is 0 Å². The molecule has 126 valence electrons. The van der Waals surface area contributed by atoms with Gasteiger partial charge in [-0.05, 0) is 50.2 Å². The molecule has 2 rings (SSSR count). The number of esters is 1. The van der Waals surface area contributed by atoms with Crippen molar-refractivity contribution in [2.45, 2.75) is 13.8 Å². The van der Waals surface area contributed by atoms with Gasteiger partial charge in [0, 0.05) is 5.69 Å². The molecule has 0 radical (unpaired) electrons. The molecule has 7 heteroatoms. The number of anilines is 1. The van der Waals surface area contributed by atoms with Crippen LogP contribution in [-0.4, -0.2) is 30.9 Å². The number of benzene rings is 1. The van der Waals surface area contributed by atoms with Gasteiger partial charge in [-0.3, -0.25) is 9.59 Å². The van der Waals surface area contributed by atoms with Crippen molar-refractivity contribution >= 4 is 23.5 Å². The summed E-state index contributed by atoms with van der Waals surface area (Å²) in [5.74, 6) is -0.506. The minimum atomic E-state index is -0.462. The Bertz CT molecular complexity index is 734. The van der Waals surface area contributed by atoms with E-state index in [1.54, 1.807) is 44.2 Å². The van der Waals surface area contributed by atoms with E-state index in [4.69, 9.17) is 9.15 Å². The molecule has 7 nitrogen and oxygen atoms in total. The van der Waals surface area contributed by atoms with Gasteiger partial charge in [-0.25, -0.2) is 4.79 Å². The fraction of sp³-hybridized carbons (Fsp3) is 0.235. The summed E-state index contributed by atoms with van der Waals surface area (Å²) in [6.45, 7) is 3.55. The summed E-state index contributed by atoms with van der Waals surface area (Å²) in [6, 6.07) is 9.48. The van der Waals surface area contributed by atoms with Crippen LogP contribution in [0.3, 0.4) is 0 Å². The van der Waals surface area contributed by atoms with Gasteiger partial charge in [0.1, 0.15) is 5.76 Å². The Morgan fingerprint density at radius 1 is 1.08 bits per heavy atom. The van der Waals surface area contributed by atoms with E-state index in [1.165, 1.54) is 6.07 Å². The molecule has 0 saturated heterocycles. The molecule has 24 heavy (non-hydrogen) atoms. The Hall–Kier alpha value is -3.09. The average molecular weight is 330 g/mol. The van der Waals surface area contributed by atoms with Crippen molar-refractivity contribution in [3.05, 3.63) is 53.5 Å². The molecule has 1 aromatic heterocycles. The second kappa shape index (κ2) is 7.96. The summed E-state index contributed by atoms with van der Waals surface area (Å²) >= 11 is 0. The topological polar surface area (TPSA) is 97.6 Å². The third-order valence-corrected chi connectivity index (χ3v) is 3.05. The van der Waals surface area contributed by atoms with Gasteiger partial charge in [0.15, 0.2) is 5.76 Å². The van der Waals surface area contributed by atoms with Crippen LogP contribution in [0.5, 0.6) is 0 Å². The van der Waals surface area contributed by atoms with Gasteiger partial charge in [0.05, 0.1) is 18.7 Å². The third-order valence-electron chi connectivity index (χ3n) is 3.05. The number of aryl methyl sites for hydroxylation is 1. The number of hydrogen-bond acceptors (Lipinski definition) is 5. The molecular weight excluding hydrogens is 312 g/mol. The van der Waals surface area contributed by atoms with Crippen LogP contribution < -0.4 is 10.6 Å². The first-order valence-corrected chi connectivity index (χ1v) is 7.41. The molecule has 1 heterocycles. The summed E-state index contributed by atoms with van der Waals surface area (Å²) in [5.41, 5.74) is 0.910. The van der Waals surface area contributed by atoms with Gasteiger partial charge < -0.3 is 19.8 Å². The summed E-state index contributed by atoms with van der Waals surface area (Å²) in [6.07, 6.45) is 0. The number of hydrogen-bond donors (Lipinski definition) is 2. The lowest BCUT2D eigenvalue weighted by atomic mass is 10.2. The van der Waals surface area contributed by atoms with Crippen LogP contribution in [0, 0.1) is 6.92 Å². The van der Waals surface area contributed by atoms with Crippen molar-refractivity contribution < 1.29 is 23.5 Å². The van der Waals surface area contributed by atoms with Crippen LogP contribution in [0.4, 0.5) is 5.69 Å².